The van der Waals surface area contributed by atoms with Crippen LogP contribution in [0.3, 0.4) is 0 Å². The third-order valence-corrected chi connectivity index (χ3v) is 4.23. The molecule has 1 aliphatic carbocycles. The summed E-state index contributed by atoms with van der Waals surface area (Å²) in [5.74, 6) is 2.51. The van der Waals surface area contributed by atoms with E-state index in [0.717, 1.165) is 25.2 Å². The van der Waals surface area contributed by atoms with Crippen molar-refractivity contribution in [3.8, 4) is 0 Å². The maximum Gasteiger partial charge on any atom is 0.158 e. The molecule has 0 amide bonds. The summed E-state index contributed by atoms with van der Waals surface area (Å²) >= 11 is 0. The quantitative estimate of drug-likeness (QED) is 0.939. The van der Waals surface area contributed by atoms with E-state index in [1.165, 1.54) is 17.5 Å². The Balaban J connectivity index is 2.03. The fourth-order valence-electron chi connectivity index (χ4n) is 3.31. The second-order valence-corrected chi connectivity index (χ2v) is 6.28. The van der Waals surface area contributed by atoms with Gasteiger partial charge in [-0.3, -0.25) is 0 Å². The lowest BCUT2D eigenvalue weighted by Gasteiger charge is -2.26. The number of aromatic nitrogens is 3. The normalized spacial score (nSPS) is 18.0. The number of aliphatic hydroxyl groups excluding tert-OH is 1. The van der Waals surface area contributed by atoms with Crippen LogP contribution in [0.5, 0.6) is 0 Å². The van der Waals surface area contributed by atoms with Crippen LogP contribution in [0.1, 0.15) is 55.4 Å². The molecule has 0 aliphatic heterocycles. The van der Waals surface area contributed by atoms with Crippen molar-refractivity contribution >= 4 is 0 Å². The summed E-state index contributed by atoms with van der Waals surface area (Å²) in [4.78, 5) is 0. The molecule has 1 aliphatic rings. The minimum absolute atomic E-state index is 0.0475. The van der Waals surface area contributed by atoms with Crippen molar-refractivity contribution in [2.45, 2.75) is 52.2 Å². The molecule has 1 aromatic carbocycles. The molecule has 0 saturated heterocycles. The fraction of sp³-hybridized carbons (Fsp3) is 0.529. The van der Waals surface area contributed by atoms with Gasteiger partial charge < -0.3 is 9.67 Å². The van der Waals surface area contributed by atoms with Gasteiger partial charge in [0.2, 0.25) is 0 Å². The Hall–Kier alpha value is -1.68. The third-order valence-electron chi connectivity index (χ3n) is 4.23. The number of fused-ring (bicyclic) bond motifs is 1. The van der Waals surface area contributed by atoms with Gasteiger partial charge in [-0.25, -0.2) is 0 Å². The maximum atomic E-state index is 9.51. The second kappa shape index (κ2) is 5.98. The molecule has 21 heavy (non-hydrogen) atoms. The van der Waals surface area contributed by atoms with Gasteiger partial charge in [0.05, 0.1) is 0 Å². The molecule has 3 rings (SSSR count). The van der Waals surface area contributed by atoms with Crippen molar-refractivity contribution in [2.75, 3.05) is 0 Å². The van der Waals surface area contributed by atoms with E-state index in [2.05, 4.69) is 52.9 Å². The zero-order valence-corrected chi connectivity index (χ0v) is 12.8. The van der Waals surface area contributed by atoms with Gasteiger partial charge in [-0.15, -0.1) is 10.2 Å². The number of rotatable bonds is 4. The molecule has 0 saturated carbocycles. The van der Waals surface area contributed by atoms with Gasteiger partial charge in [0, 0.05) is 12.5 Å². The average molecular weight is 285 g/mol. The zero-order valence-electron chi connectivity index (χ0n) is 12.8. The Morgan fingerprint density at radius 3 is 2.86 bits per heavy atom. The maximum absolute atomic E-state index is 9.51. The van der Waals surface area contributed by atoms with Crippen molar-refractivity contribution < 1.29 is 5.11 Å². The largest absolute Gasteiger partial charge is 0.388 e. The van der Waals surface area contributed by atoms with Crippen molar-refractivity contribution in [1.82, 2.24) is 14.8 Å². The van der Waals surface area contributed by atoms with Crippen LogP contribution in [0.4, 0.5) is 0 Å². The smallest absolute Gasteiger partial charge is 0.158 e. The van der Waals surface area contributed by atoms with E-state index in [0.29, 0.717) is 17.7 Å². The highest BCUT2D eigenvalue weighted by molar-refractivity contribution is 5.36. The molecule has 1 atom stereocenters. The first-order chi connectivity index (χ1) is 10.2. The number of hydrogen-bond donors (Lipinski definition) is 1. The lowest BCUT2D eigenvalue weighted by molar-refractivity contribution is 0.261. The molecule has 0 spiro atoms. The summed E-state index contributed by atoms with van der Waals surface area (Å²) in [7, 11) is 0. The van der Waals surface area contributed by atoms with Crippen LogP contribution < -0.4 is 0 Å². The van der Waals surface area contributed by atoms with Gasteiger partial charge in [-0.1, -0.05) is 38.1 Å². The summed E-state index contributed by atoms with van der Waals surface area (Å²) in [6, 6.07) is 8.65. The van der Waals surface area contributed by atoms with Crippen LogP contribution >= 0.6 is 0 Å². The van der Waals surface area contributed by atoms with Crippen LogP contribution in [-0.4, -0.2) is 19.9 Å². The summed E-state index contributed by atoms with van der Waals surface area (Å²) in [5.41, 5.74) is 2.81. The minimum atomic E-state index is -0.0475. The highest BCUT2D eigenvalue weighted by atomic mass is 16.3. The van der Waals surface area contributed by atoms with E-state index in [-0.39, 0.29) is 6.61 Å². The van der Waals surface area contributed by atoms with E-state index in [1.54, 1.807) is 0 Å². The molecule has 2 aromatic rings. The predicted molar refractivity (Wildman–Crippen MR) is 82.0 cm³/mol. The van der Waals surface area contributed by atoms with Crippen LogP contribution in [0.2, 0.25) is 0 Å². The summed E-state index contributed by atoms with van der Waals surface area (Å²) in [5, 5.41) is 18.1. The molecule has 1 heterocycles. The summed E-state index contributed by atoms with van der Waals surface area (Å²) in [6.45, 7) is 5.17. The molecule has 4 heteroatoms. The van der Waals surface area contributed by atoms with Gasteiger partial charge in [-0.2, -0.15) is 0 Å². The van der Waals surface area contributed by atoms with Crippen molar-refractivity contribution in [1.29, 1.82) is 0 Å². The van der Waals surface area contributed by atoms with Crippen LogP contribution in [0.25, 0.3) is 0 Å². The summed E-state index contributed by atoms with van der Waals surface area (Å²) < 4.78 is 2.12. The van der Waals surface area contributed by atoms with Crippen molar-refractivity contribution in [3.63, 3.8) is 0 Å². The van der Waals surface area contributed by atoms with E-state index >= 15 is 0 Å². The van der Waals surface area contributed by atoms with Crippen molar-refractivity contribution in [2.24, 2.45) is 5.92 Å². The highest BCUT2D eigenvalue weighted by Gasteiger charge is 2.27. The Kier molecular flexibility index (Phi) is 4.06. The molecular formula is C17H23N3O. The van der Waals surface area contributed by atoms with E-state index in [1.807, 2.05) is 0 Å². The van der Waals surface area contributed by atoms with Gasteiger partial charge in [0.25, 0.3) is 0 Å². The zero-order chi connectivity index (χ0) is 14.8. The van der Waals surface area contributed by atoms with Crippen molar-refractivity contribution in [3.05, 3.63) is 47.0 Å². The van der Waals surface area contributed by atoms with Gasteiger partial charge >= 0.3 is 0 Å². The SMILES string of the molecule is CC(C)Cn1c(CO)nnc1C1CCCc2ccccc21. The second-order valence-electron chi connectivity index (χ2n) is 6.28. The molecule has 0 radical (unpaired) electrons. The fourth-order valence-corrected chi connectivity index (χ4v) is 3.31. The predicted octanol–water partition coefficient (Wildman–Crippen LogP) is 2.89. The van der Waals surface area contributed by atoms with E-state index in [9.17, 15) is 5.11 Å². The Labute approximate surface area is 125 Å². The molecule has 0 fully saturated rings. The first-order valence-corrected chi connectivity index (χ1v) is 7.81. The van der Waals surface area contributed by atoms with Gasteiger partial charge in [0.15, 0.2) is 5.82 Å². The van der Waals surface area contributed by atoms with Crippen LogP contribution in [0, 0.1) is 5.92 Å². The topological polar surface area (TPSA) is 50.9 Å². The first kappa shape index (κ1) is 14.3. The molecular weight excluding hydrogens is 262 g/mol. The van der Waals surface area contributed by atoms with Gasteiger partial charge in [-0.05, 0) is 36.3 Å². The molecule has 4 nitrogen and oxygen atoms in total. The molecule has 112 valence electrons. The lowest BCUT2D eigenvalue weighted by atomic mass is 9.82. The molecule has 1 aromatic heterocycles. The van der Waals surface area contributed by atoms with E-state index < -0.39 is 0 Å². The molecule has 1 N–H and O–H groups in total. The lowest BCUT2D eigenvalue weighted by Crippen LogP contribution is -2.18. The number of nitrogens with zero attached hydrogens (tertiary/aromatic N) is 3. The van der Waals surface area contributed by atoms with Gasteiger partial charge in [0.1, 0.15) is 12.4 Å². The standard InChI is InChI=1S/C17H23N3O/c1-12(2)10-20-16(11-21)18-19-17(20)15-9-5-7-13-6-3-4-8-14(13)15/h3-4,6,8,12,15,21H,5,7,9-11H2,1-2H3. The Morgan fingerprint density at radius 1 is 1.29 bits per heavy atom. The number of aryl methyl sites for hydroxylation is 1. The Morgan fingerprint density at radius 2 is 2.10 bits per heavy atom. The average Bonchev–Trinajstić information content (AvgIpc) is 2.88. The number of aliphatic hydroxyl groups is 1. The van der Waals surface area contributed by atoms with E-state index in [4.69, 9.17) is 0 Å². The minimum Gasteiger partial charge on any atom is -0.388 e. The van der Waals surface area contributed by atoms with Crippen LogP contribution in [-0.2, 0) is 19.6 Å². The molecule has 1 unspecified atom stereocenters. The first-order valence-electron chi connectivity index (χ1n) is 7.81. The van der Waals surface area contributed by atoms with Crippen LogP contribution in [0.15, 0.2) is 24.3 Å². The highest BCUT2D eigenvalue weighted by Crippen LogP contribution is 2.36. The monoisotopic (exact) mass is 285 g/mol. The summed E-state index contributed by atoms with van der Waals surface area (Å²) in [6.07, 6.45) is 3.45. The molecule has 0 bridgehead atoms. The number of benzene rings is 1. The number of hydrogen-bond acceptors (Lipinski definition) is 3. The third kappa shape index (κ3) is 2.72. The Bertz CT molecular complexity index is 618.